The quantitative estimate of drug-likeness (QED) is 0.737. The average Bonchev–Trinajstić information content (AvgIpc) is 2.46. The molecule has 0 aliphatic heterocycles. The summed E-state index contributed by atoms with van der Waals surface area (Å²) in [5.74, 6) is 0.462. The summed E-state index contributed by atoms with van der Waals surface area (Å²) >= 11 is 0. The van der Waals surface area contributed by atoms with Crippen LogP contribution in [0.15, 0.2) is 48.5 Å². The van der Waals surface area contributed by atoms with Gasteiger partial charge in [0.05, 0.1) is 0 Å². The Morgan fingerprint density at radius 1 is 1.00 bits per heavy atom. The highest BCUT2D eigenvalue weighted by molar-refractivity contribution is 5.99. The van der Waals surface area contributed by atoms with E-state index in [2.05, 4.69) is 24.3 Å². The second-order valence-corrected chi connectivity index (χ2v) is 5.39. The number of benzene rings is 2. The first-order chi connectivity index (χ1) is 9.25. The zero-order chi connectivity index (χ0) is 13.2. The molecule has 2 aromatic rings. The third kappa shape index (κ3) is 2.33. The van der Waals surface area contributed by atoms with E-state index in [1.807, 2.05) is 31.2 Å². The van der Waals surface area contributed by atoms with E-state index in [0.717, 1.165) is 30.4 Å². The molecule has 1 heteroatoms. The molecule has 1 atom stereocenters. The van der Waals surface area contributed by atoms with Crippen molar-refractivity contribution in [3.63, 3.8) is 0 Å². The minimum atomic E-state index is 0.149. The third-order valence-corrected chi connectivity index (χ3v) is 4.13. The molecular formula is C18H18O. The predicted molar refractivity (Wildman–Crippen MR) is 77.5 cm³/mol. The van der Waals surface area contributed by atoms with Crippen LogP contribution >= 0.6 is 0 Å². The molecule has 0 saturated heterocycles. The summed E-state index contributed by atoms with van der Waals surface area (Å²) in [6.07, 6.45) is 2.89. The second-order valence-electron chi connectivity index (χ2n) is 5.39. The van der Waals surface area contributed by atoms with Crippen molar-refractivity contribution in [2.75, 3.05) is 0 Å². The maximum atomic E-state index is 12.6. The van der Waals surface area contributed by atoms with Crippen molar-refractivity contribution in [2.24, 2.45) is 5.92 Å². The molecular weight excluding hydrogens is 232 g/mol. The monoisotopic (exact) mass is 250 g/mol. The number of hydrogen-bond acceptors (Lipinski definition) is 1. The Hall–Kier alpha value is -1.89. The molecule has 1 unspecified atom stereocenters. The van der Waals surface area contributed by atoms with Gasteiger partial charge < -0.3 is 0 Å². The molecule has 3 rings (SSSR count). The minimum Gasteiger partial charge on any atom is -0.294 e. The summed E-state index contributed by atoms with van der Waals surface area (Å²) in [6, 6.07) is 16.4. The lowest BCUT2D eigenvalue weighted by Crippen LogP contribution is -2.23. The number of carbonyl (C=O) groups is 1. The Bertz CT molecular complexity index is 613. The number of fused-ring (bicyclic) bond motifs is 1. The van der Waals surface area contributed by atoms with Crippen LogP contribution in [0.25, 0.3) is 0 Å². The Labute approximate surface area is 114 Å². The summed E-state index contributed by atoms with van der Waals surface area (Å²) in [7, 11) is 0. The van der Waals surface area contributed by atoms with Gasteiger partial charge in [0.15, 0.2) is 5.78 Å². The van der Waals surface area contributed by atoms with Crippen LogP contribution in [0.1, 0.15) is 33.5 Å². The molecule has 19 heavy (non-hydrogen) atoms. The lowest BCUT2D eigenvalue weighted by atomic mass is 9.79. The summed E-state index contributed by atoms with van der Waals surface area (Å²) in [5.41, 5.74) is 4.75. The van der Waals surface area contributed by atoms with Crippen molar-refractivity contribution in [1.82, 2.24) is 0 Å². The molecule has 0 N–H and O–H groups in total. The summed E-state index contributed by atoms with van der Waals surface area (Å²) in [4.78, 5) is 12.6. The van der Waals surface area contributed by atoms with Gasteiger partial charge in [0.2, 0.25) is 0 Å². The minimum absolute atomic E-state index is 0.149. The van der Waals surface area contributed by atoms with Gasteiger partial charge in [0.25, 0.3) is 0 Å². The maximum absolute atomic E-state index is 12.6. The second kappa shape index (κ2) is 5.00. The predicted octanol–water partition coefficient (Wildman–Crippen LogP) is 3.98. The van der Waals surface area contributed by atoms with Gasteiger partial charge in [-0.25, -0.2) is 0 Å². The summed E-state index contributed by atoms with van der Waals surface area (Å²) in [6.45, 7) is 2.02. The van der Waals surface area contributed by atoms with E-state index in [1.165, 1.54) is 11.1 Å². The van der Waals surface area contributed by atoms with Crippen molar-refractivity contribution >= 4 is 5.78 Å². The van der Waals surface area contributed by atoms with E-state index in [4.69, 9.17) is 0 Å². The number of Topliss-reactive ketones (excluding diaryl/α,β-unsaturated/α-hetero) is 1. The van der Waals surface area contributed by atoms with Crippen molar-refractivity contribution in [2.45, 2.75) is 26.2 Å². The van der Waals surface area contributed by atoms with Crippen LogP contribution in [0.4, 0.5) is 0 Å². The molecule has 1 aliphatic rings. The molecule has 0 saturated carbocycles. The number of carbonyl (C=O) groups excluding carboxylic acids is 1. The fourth-order valence-corrected chi connectivity index (χ4v) is 2.99. The maximum Gasteiger partial charge on any atom is 0.166 e. The molecule has 0 heterocycles. The lowest BCUT2D eigenvalue weighted by molar-refractivity contribution is 0.0908. The normalized spacial score (nSPS) is 17.8. The van der Waals surface area contributed by atoms with E-state index in [-0.39, 0.29) is 5.92 Å². The van der Waals surface area contributed by atoms with Gasteiger partial charge in [-0.15, -0.1) is 0 Å². The Kier molecular flexibility index (Phi) is 3.20. The Morgan fingerprint density at radius 2 is 1.68 bits per heavy atom. The summed E-state index contributed by atoms with van der Waals surface area (Å²) < 4.78 is 0. The molecule has 96 valence electrons. The lowest BCUT2D eigenvalue weighted by Gasteiger charge is -2.24. The van der Waals surface area contributed by atoms with Crippen LogP contribution in [-0.4, -0.2) is 5.78 Å². The molecule has 0 radical (unpaired) electrons. The molecule has 1 nitrogen and oxygen atoms in total. The fourth-order valence-electron chi connectivity index (χ4n) is 2.99. The highest BCUT2D eigenvalue weighted by Gasteiger charge is 2.25. The average molecular weight is 250 g/mol. The van der Waals surface area contributed by atoms with E-state index in [0.29, 0.717) is 5.78 Å². The molecule has 1 aliphatic carbocycles. The van der Waals surface area contributed by atoms with Crippen LogP contribution in [0.5, 0.6) is 0 Å². The molecule has 0 spiro atoms. The van der Waals surface area contributed by atoms with Crippen LogP contribution in [-0.2, 0) is 12.8 Å². The van der Waals surface area contributed by atoms with Crippen LogP contribution in [0.3, 0.4) is 0 Å². The number of aryl methyl sites for hydroxylation is 2. The van der Waals surface area contributed by atoms with E-state index >= 15 is 0 Å². The fraction of sp³-hybridized carbons (Fsp3) is 0.278. The van der Waals surface area contributed by atoms with Crippen LogP contribution < -0.4 is 0 Å². The first-order valence-electron chi connectivity index (χ1n) is 6.92. The van der Waals surface area contributed by atoms with E-state index in [9.17, 15) is 4.79 Å². The first kappa shape index (κ1) is 12.2. The van der Waals surface area contributed by atoms with Crippen LogP contribution in [0.2, 0.25) is 0 Å². The zero-order valence-electron chi connectivity index (χ0n) is 11.2. The van der Waals surface area contributed by atoms with Gasteiger partial charge in [-0.2, -0.15) is 0 Å². The molecule has 0 fully saturated rings. The molecule has 0 aromatic heterocycles. The molecule has 0 amide bonds. The van der Waals surface area contributed by atoms with Crippen molar-refractivity contribution in [3.05, 3.63) is 70.8 Å². The number of ketones is 1. The smallest absolute Gasteiger partial charge is 0.166 e. The topological polar surface area (TPSA) is 17.1 Å². The number of hydrogen-bond donors (Lipinski definition) is 0. The van der Waals surface area contributed by atoms with Crippen molar-refractivity contribution in [3.8, 4) is 0 Å². The standard InChI is InChI=1S/C18H18O/c1-13-6-2-5-9-17(13)18(19)16-11-10-14-7-3-4-8-15(14)12-16/h2-9,16H,10-12H2,1H3. The summed E-state index contributed by atoms with van der Waals surface area (Å²) in [5, 5.41) is 0. The van der Waals surface area contributed by atoms with Gasteiger partial charge in [-0.1, -0.05) is 48.5 Å². The van der Waals surface area contributed by atoms with Crippen molar-refractivity contribution < 1.29 is 4.79 Å². The van der Waals surface area contributed by atoms with Gasteiger partial charge in [0, 0.05) is 11.5 Å². The number of rotatable bonds is 2. The largest absolute Gasteiger partial charge is 0.294 e. The van der Waals surface area contributed by atoms with Gasteiger partial charge >= 0.3 is 0 Å². The highest BCUT2D eigenvalue weighted by atomic mass is 16.1. The molecule has 0 bridgehead atoms. The molecule has 2 aromatic carbocycles. The Morgan fingerprint density at radius 3 is 2.47 bits per heavy atom. The first-order valence-corrected chi connectivity index (χ1v) is 6.92. The van der Waals surface area contributed by atoms with E-state index < -0.39 is 0 Å². The zero-order valence-corrected chi connectivity index (χ0v) is 11.2. The van der Waals surface area contributed by atoms with E-state index in [1.54, 1.807) is 0 Å². The van der Waals surface area contributed by atoms with Gasteiger partial charge in [0.1, 0.15) is 0 Å². The van der Waals surface area contributed by atoms with Crippen molar-refractivity contribution in [1.29, 1.82) is 0 Å². The Balaban J connectivity index is 1.86. The van der Waals surface area contributed by atoms with Crippen LogP contribution in [0, 0.1) is 12.8 Å². The van der Waals surface area contributed by atoms with Gasteiger partial charge in [-0.05, 0) is 42.9 Å². The van der Waals surface area contributed by atoms with Gasteiger partial charge in [-0.3, -0.25) is 4.79 Å². The third-order valence-electron chi connectivity index (χ3n) is 4.13. The SMILES string of the molecule is Cc1ccccc1C(=O)C1CCc2ccccc2C1. The highest BCUT2D eigenvalue weighted by Crippen LogP contribution is 2.28.